The maximum atomic E-state index is 13.5. The lowest BCUT2D eigenvalue weighted by atomic mass is 10.1. The van der Waals surface area contributed by atoms with Crippen molar-refractivity contribution in [3.8, 4) is 5.75 Å². The molecule has 0 aliphatic rings. The summed E-state index contributed by atoms with van der Waals surface area (Å²) in [6.45, 7) is -0.00387. The number of hydrogen-bond donors (Lipinski definition) is 1. The maximum absolute atomic E-state index is 13.5. The lowest BCUT2D eigenvalue weighted by Gasteiger charge is -2.12. The predicted molar refractivity (Wildman–Crippen MR) is 139 cm³/mol. The van der Waals surface area contributed by atoms with E-state index in [0.29, 0.717) is 26.9 Å². The van der Waals surface area contributed by atoms with Crippen LogP contribution in [-0.2, 0) is 21.2 Å². The van der Waals surface area contributed by atoms with E-state index in [9.17, 15) is 18.0 Å². The van der Waals surface area contributed by atoms with Gasteiger partial charge in [-0.05, 0) is 48.0 Å². The Hall–Kier alpha value is -3.11. The van der Waals surface area contributed by atoms with Crippen LogP contribution in [0, 0.1) is 0 Å². The second kappa shape index (κ2) is 10.1. The van der Waals surface area contributed by atoms with Gasteiger partial charge < -0.3 is 14.6 Å². The highest BCUT2D eigenvalue weighted by Gasteiger charge is 2.32. The lowest BCUT2D eigenvalue weighted by Crippen LogP contribution is -2.25. The molecule has 1 N–H and O–H groups in total. The molecule has 4 rings (SSSR count). The number of nitrogens with zero attached hydrogens (tertiary/aromatic N) is 2. The first-order chi connectivity index (χ1) is 17.0. The van der Waals surface area contributed by atoms with Gasteiger partial charge in [-0.1, -0.05) is 40.9 Å². The number of nitrogens with one attached hydrogen (secondary N) is 1. The van der Waals surface area contributed by atoms with Crippen LogP contribution in [0.5, 0.6) is 5.75 Å². The Morgan fingerprint density at radius 3 is 2.44 bits per heavy atom. The molecule has 4 aromatic rings. The number of rotatable bonds is 7. The summed E-state index contributed by atoms with van der Waals surface area (Å²) in [6.07, 6.45) is 2.33. The molecule has 2 aromatic heterocycles. The number of Topliss-reactive ketones (excluding diaryl/α,β-unsaturated/α-hetero) is 1. The number of fused-ring (bicyclic) bond motifs is 1. The first kappa shape index (κ1) is 26.0. The number of halogens is 3. The van der Waals surface area contributed by atoms with Crippen LogP contribution in [0.4, 0.5) is 5.69 Å². The van der Waals surface area contributed by atoms with Gasteiger partial charge in [0.1, 0.15) is 15.9 Å². The summed E-state index contributed by atoms with van der Waals surface area (Å²) in [7, 11) is -2.59. The van der Waals surface area contributed by atoms with E-state index < -0.39 is 21.5 Å². The highest BCUT2D eigenvalue weighted by atomic mass is 35.5. The number of benzene rings is 2. The van der Waals surface area contributed by atoms with Crippen LogP contribution < -0.4 is 10.1 Å². The summed E-state index contributed by atoms with van der Waals surface area (Å²) in [5.74, 6) is -1.73. The molecule has 1 amide bonds. The van der Waals surface area contributed by atoms with Gasteiger partial charge in [-0.15, -0.1) is 0 Å². The van der Waals surface area contributed by atoms with Crippen molar-refractivity contribution in [3.63, 3.8) is 0 Å². The van der Waals surface area contributed by atoms with Crippen molar-refractivity contribution >= 4 is 72.9 Å². The Morgan fingerprint density at radius 1 is 1.06 bits per heavy atom. The number of carbonyl (C=O) groups is 2. The second-order valence-corrected chi connectivity index (χ2v) is 11.0. The number of pyridine rings is 1. The summed E-state index contributed by atoms with van der Waals surface area (Å²) in [5, 5.41) is 3.19. The van der Waals surface area contributed by atoms with Gasteiger partial charge >= 0.3 is 0 Å². The zero-order valence-corrected chi connectivity index (χ0v) is 22.0. The molecule has 186 valence electrons. The molecule has 2 aromatic carbocycles. The zero-order valence-electron chi connectivity index (χ0n) is 18.9. The molecular formula is C24H18Cl3N3O5S. The molecule has 0 atom stereocenters. The molecule has 0 spiro atoms. The number of sulfone groups is 1. The number of ketones is 1. The molecule has 0 aliphatic heterocycles. The van der Waals surface area contributed by atoms with Gasteiger partial charge in [0.25, 0.3) is 11.7 Å². The summed E-state index contributed by atoms with van der Waals surface area (Å²) >= 11 is 18.2. The van der Waals surface area contributed by atoms with Crippen molar-refractivity contribution in [2.75, 3.05) is 18.7 Å². The molecule has 0 unspecified atom stereocenters. The number of methoxy groups -OCH3 is 1. The van der Waals surface area contributed by atoms with E-state index in [1.165, 1.54) is 42.1 Å². The Labute approximate surface area is 221 Å². The predicted octanol–water partition coefficient (Wildman–Crippen LogP) is 5.28. The second-order valence-electron chi connectivity index (χ2n) is 7.81. The minimum atomic E-state index is -4.02. The van der Waals surface area contributed by atoms with Crippen LogP contribution >= 0.6 is 34.8 Å². The molecule has 36 heavy (non-hydrogen) atoms. The summed E-state index contributed by atoms with van der Waals surface area (Å²) in [4.78, 5) is 30.3. The third-order valence-electron chi connectivity index (χ3n) is 5.34. The normalized spacial score (nSPS) is 11.5. The number of aromatic nitrogens is 2. The van der Waals surface area contributed by atoms with E-state index in [0.717, 1.165) is 6.26 Å². The Morgan fingerprint density at radius 2 is 1.81 bits per heavy atom. The van der Waals surface area contributed by atoms with E-state index in [2.05, 4.69) is 10.3 Å². The molecule has 0 bridgehead atoms. The van der Waals surface area contributed by atoms with E-state index in [1.807, 2.05) is 0 Å². The van der Waals surface area contributed by atoms with Gasteiger partial charge in [0.2, 0.25) is 0 Å². The monoisotopic (exact) mass is 565 g/mol. The van der Waals surface area contributed by atoms with Crippen molar-refractivity contribution in [3.05, 3.63) is 81.1 Å². The summed E-state index contributed by atoms with van der Waals surface area (Å²) < 4.78 is 32.8. The minimum Gasteiger partial charge on any atom is -0.497 e. The fourth-order valence-corrected chi connectivity index (χ4v) is 5.58. The van der Waals surface area contributed by atoms with E-state index in [1.54, 1.807) is 24.3 Å². The first-order valence-electron chi connectivity index (χ1n) is 10.3. The molecule has 12 heteroatoms. The Balaban J connectivity index is 1.93. The molecule has 2 heterocycles. The topological polar surface area (TPSA) is 107 Å². The van der Waals surface area contributed by atoms with Crippen LogP contribution in [0.1, 0.15) is 15.9 Å². The van der Waals surface area contributed by atoms with Gasteiger partial charge in [0.05, 0.1) is 24.7 Å². The smallest absolute Gasteiger partial charge is 0.296 e. The van der Waals surface area contributed by atoms with Gasteiger partial charge in [-0.3, -0.25) is 9.59 Å². The van der Waals surface area contributed by atoms with Crippen LogP contribution in [0.15, 0.2) is 59.8 Å². The third kappa shape index (κ3) is 5.19. The number of hydrogen-bond acceptors (Lipinski definition) is 6. The van der Waals surface area contributed by atoms with Crippen molar-refractivity contribution in [2.45, 2.75) is 11.6 Å². The lowest BCUT2D eigenvalue weighted by molar-refractivity contribution is -0.112. The van der Waals surface area contributed by atoms with Crippen molar-refractivity contribution in [1.29, 1.82) is 0 Å². The minimum absolute atomic E-state index is 0.00387. The number of ether oxygens (including phenoxy) is 1. The van der Waals surface area contributed by atoms with Crippen molar-refractivity contribution in [2.24, 2.45) is 0 Å². The molecule has 0 fully saturated rings. The molecular weight excluding hydrogens is 549 g/mol. The number of amides is 1. The number of carbonyl (C=O) groups excluding carboxylic acids is 2. The van der Waals surface area contributed by atoms with E-state index in [-0.39, 0.29) is 33.4 Å². The highest BCUT2D eigenvalue weighted by molar-refractivity contribution is 7.90. The van der Waals surface area contributed by atoms with E-state index >= 15 is 0 Å². The average molecular weight is 567 g/mol. The van der Waals surface area contributed by atoms with Gasteiger partial charge in [-0.2, -0.15) is 0 Å². The van der Waals surface area contributed by atoms with Crippen LogP contribution in [0.2, 0.25) is 15.2 Å². The zero-order chi connectivity index (χ0) is 26.2. The third-order valence-corrected chi connectivity index (χ3v) is 7.26. The van der Waals surface area contributed by atoms with Crippen LogP contribution in [0.25, 0.3) is 10.9 Å². The van der Waals surface area contributed by atoms with Gasteiger partial charge in [0.15, 0.2) is 9.84 Å². The van der Waals surface area contributed by atoms with E-state index in [4.69, 9.17) is 39.5 Å². The fourth-order valence-electron chi connectivity index (χ4n) is 3.80. The molecule has 0 radical (unpaired) electrons. The summed E-state index contributed by atoms with van der Waals surface area (Å²) in [5.41, 5.74) is 0.900. The molecule has 0 saturated heterocycles. The molecule has 8 nitrogen and oxygen atoms in total. The Kier molecular flexibility index (Phi) is 7.28. The average Bonchev–Trinajstić information content (AvgIpc) is 3.14. The van der Waals surface area contributed by atoms with Gasteiger partial charge in [-0.25, -0.2) is 13.4 Å². The first-order valence-corrected chi connectivity index (χ1v) is 13.3. The molecule has 0 aliphatic carbocycles. The largest absolute Gasteiger partial charge is 0.497 e. The Bertz CT molecular complexity index is 1630. The van der Waals surface area contributed by atoms with Crippen LogP contribution in [0.3, 0.4) is 0 Å². The van der Waals surface area contributed by atoms with Crippen LogP contribution in [-0.4, -0.2) is 43.0 Å². The van der Waals surface area contributed by atoms with Crippen molar-refractivity contribution in [1.82, 2.24) is 9.55 Å². The number of anilines is 1. The standard InChI is InChI=1S/C24H18Cl3N3O5S/c1-35-16-5-6-19-17(11-16)21(22(31)23(32)29-15-7-8-28-20(27)10-15)24(36(2,33)34)30(19)12-13-3-4-14(25)9-18(13)26/h3-11H,12H2,1-2H3,(H,28,29,32). The van der Waals surface area contributed by atoms with Gasteiger partial charge in [0, 0.05) is 33.6 Å². The summed E-state index contributed by atoms with van der Waals surface area (Å²) in [6, 6.07) is 12.4. The SMILES string of the molecule is COc1ccc2c(c1)c(C(=O)C(=O)Nc1ccnc(Cl)c1)c(S(C)(=O)=O)n2Cc1ccc(Cl)cc1Cl. The maximum Gasteiger partial charge on any atom is 0.296 e. The fraction of sp³-hybridized carbons (Fsp3) is 0.125. The quantitative estimate of drug-likeness (QED) is 0.185. The van der Waals surface area contributed by atoms with Crippen molar-refractivity contribution < 1.29 is 22.7 Å². The molecule has 0 saturated carbocycles. The highest BCUT2D eigenvalue weighted by Crippen LogP contribution is 2.35.